The number of nitrogens with zero attached hydrogens (tertiary/aromatic N) is 3. The van der Waals surface area contributed by atoms with E-state index in [-0.39, 0.29) is 18.0 Å². The molecule has 1 saturated heterocycles. The van der Waals surface area contributed by atoms with Gasteiger partial charge < -0.3 is 20.8 Å². The molecule has 1 fully saturated rings. The third-order valence-electron chi connectivity index (χ3n) is 7.90. The number of nitrogens with two attached hydrogens (primary N) is 1. The molecule has 2 aromatic heterocycles. The fourth-order valence-electron chi connectivity index (χ4n) is 5.40. The van der Waals surface area contributed by atoms with Crippen molar-refractivity contribution in [1.82, 2.24) is 9.97 Å². The van der Waals surface area contributed by atoms with Crippen LogP contribution in [-0.2, 0) is 12.8 Å². The van der Waals surface area contributed by atoms with E-state index < -0.39 is 52.2 Å². The molecular formula is C28H29F3N4O3. The average Bonchev–Trinajstić information content (AvgIpc) is 3.24. The summed E-state index contributed by atoms with van der Waals surface area (Å²) in [7, 11) is 0. The summed E-state index contributed by atoms with van der Waals surface area (Å²) in [4.78, 5) is 23.8. The van der Waals surface area contributed by atoms with E-state index in [1.807, 2.05) is 11.8 Å². The number of hydrogen-bond acceptors (Lipinski definition) is 7. The van der Waals surface area contributed by atoms with Gasteiger partial charge in [0.1, 0.15) is 28.8 Å². The van der Waals surface area contributed by atoms with Crippen LogP contribution in [0.15, 0.2) is 36.5 Å². The number of carbonyl (C=O) groups excluding carboxylic acids is 1. The molecule has 5 rings (SSSR count). The van der Waals surface area contributed by atoms with Gasteiger partial charge in [-0.15, -0.1) is 0 Å². The Bertz CT molecular complexity index is 1380. The normalized spacial score (nSPS) is 24.9. The molecule has 38 heavy (non-hydrogen) atoms. The van der Waals surface area contributed by atoms with Crippen LogP contribution in [0.25, 0.3) is 11.3 Å². The van der Waals surface area contributed by atoms with E-state index in [1.165, 1.54) is 12.3 Å². The first kappa shape index (κ1) is 26.3. The monoisotopic (exact) mass is 526 g/mol. The quantitative estimate of drug-likeness (QED) is 0.436. The average molecular weight is 527 g/mol. The highest BCUT2D eigenvalue weighted by Crippen LogP contribution is 2.41. The van der Waals surface area contributed by atoms with Gasteiger partial charge in [-0.2, -0.15) is 0 Å². The lowest BCUT2D eigenvalue weighted by Crippen LogP contribution is -2.63. The number of pyridine rings is 2. The fourth-order valence-corrected chi connectivity index (χ4v) is 5.40. The SMILES string of the molecule is C[C@H]1CN(c2c(CC(=O)c3ccc(F)c(-c4c(F)cccc4F)n3)cnc3c2CCC3O)C[C@@H](N)C1(C)O. The summed E-state index contributed by atoms with van der Waals surface area (Å²) in [6.45, 7) is 4.41. The summed E-state index contributed by atoms with van der Waals surface area (Å²) in [5, 5.41) is 21.2. The van der Waals surface area contributed by atoms with Crippen molar-refractivity contribution in [3.05, 3.63) is 76.5 Å². The van der Waals surface area contributed by atoms with Crippen molar-refractivity contribution in [2.24, 2.45) is 11.7 Å². The number of aliphatic hydroxyl groups excluding tert-OH is 1. The van der Waals surface area contributed by atoms with Gasteiger partial charge >= 0.3 is 0 Å². The highest BCUT2D eigenvalue weighted by Gasteiger charge is 2.42. The molecule has 4 N–H and O–H groups in total. The molecule has 7 nitrogen and oxygen atoms in total. The maximum absolute atomic E-state index is 14.6. The molecule has 0 spiro atoms. The van der Waals surface area contributed by atoms with Crippen LogP contribution in [0.3, 0.4) is 0 Å². The molecule has 200 valence electrons. The third-order valence-corrected chi connectivity index (χ3v) is 7.90. The van der Waals surface area contributed by atoms with Crippen molar-refractivity contribution in [3.8, 4) is 11.3 Å². The van der Waals surface area contributed by atoms with Crippen molar-refractivity contribution in [2.45, 2.75) is 50.9 Å². The predicted molar refractivity (Wildman–Crippen MR) is 135 cm³/mol. The summed E-state index contributed by atoms with van der Waals surface area (Å²) in [5.74, 6) is -3.61. The number of ketones is 1. The van der Waals surface area contributed by atoms with Crippen molar-refractivity contribution < 1.29 is 28.2 Å². The number of piperidine rings is 1. The second kappa shape index (κ2) is 9.76. The van der Waals surface area contributed by atoms with Crippen LogP contribution in [0.4, 0.5) is 18.9 Å². The third kappa shape index (κ3) is 4.46. The Kier molecular flexibility index (Phi) is 6.75. The zero-order valence-corrected chi connectivity index (χ0v) is 21.1. The molecular weight excluding hydrogens is 497 g/mol. The maximum Gasteiger partial charge on any atom is 0.185 e. The lowest BCUT2D eigenvalue weighted by atomic mass is 9.80. The van der Waals surface area contributed by atoms with Gasteiger partial charge in [-0.05, 0) is 44.0 Å². The van der Waals surface area contributed by atoms with Gasteiger partial charge in [0.25, 0.3) is 0 Å². The van der Waals surface area contributed by atoms with Crippen molar-refractivity contribution >= 4 is 11.5 Å². The molecule has 0 radical (unpaired) electrons. The summed E-state index contributed by atoms with van der Waals surface area (Å²) in [5.41, 5.74) is 6.55. The van der Waals surface area contributed by atoms with E-state index in [2.05, 4.69) is 9.97 Å². The van der Waals surface area contributed by atoms with Gasteiger partial charge in [0.05, 0.1) is 29.0 Å². The lowest BCUT2D eigenvalue weighted by Gasteiger charge is -2.47. The number of anilines is 1. The summed E-state index contributed by atoms with van der Waals surface area (Å²) in [6, 6.07) is 4.74. The largest absolute Gasteiger partial charge is 0.388 e. The second-order valence-electron chi connectivity index (χ2n) is 10.4. The number of aromatic nitrogens is 2. The molecule has 1 aliphatic carbocycles. The minimum atomic E-state index is -1.07. The Hall–Kier alpha value is -3.34. The maximum atomic E-state index is 14.6. The van der Waals surface area contributed by atoms with Crippen LogP contribution in [0.2, 0.25) is 0 Å². The van der Waals surface area contributed by atoms with Crippen molar-refractivity contribution in [2.75, 3.05) is 18.0 Å². The Morgan fingerprint density at radius 2 is 1.87 bits per heavy atom. The number of aliphatic hydroxyl groups is 2. The molecule has 0 bridgehead atoms. The Balaban J connectivity index is 1.52. The number of benzene rings is 1. The number of Topliss-reactive ketones (excluding diaryl/α,β-unsaturated/α-hetero) is 1. The molecule has 1 aromatic carbocycles. The standard InChI is InChI=1S/C28H29F3N4O3/c1-14-12-35(13-23(32)28(14,2)38)27-15(11-33-25-16(27)6-9-21(25)36)10-22(37)20-8-7-19(31)26(34-20)24-17(29)4-3-5-18(24)30/h3-5,7-8,11,14,21,23,36,38H,6,9-10,12-13,32H2,1-2H3/t14-,21?,23+,28?/m0/s1. The number of fused-ring (bicyclic) bond motifs is 1. The van der Waals surface area contributed by atoms with Gasteiger partial charge in [-0.1, -0.05) is 13.0 Å². The highest BCUT2D eigenvalue weighted by molar-refractivity contribution is 5.97. The first-order valence-corrected chi connectivity index (χ1v) is 12.5. The van der Waals surface area contributed by atoms with Gasteiger partial charge in [0.2, 0.25) is 0 Å². The van der Waals surface area contributed by atoms with Crippen molar-refractivity contribution in [1.29, 1.82) is 0 Å². The minimum absolute atomic E-state index is 0.151. The van der Waals surface area contributed by atoms with Crippen molar-refractivity contribution in [3.63, 3.8) is 0 Å². The molecule has 0 saturated carbocycles. The first-order valence-electron chi connectivity index (χ1n) is 12.5. The molecule has 4 atom stereocenters. The van der Waals surface area contributed by atoms with Gasteiger partial charge in [0.15, 0.2) is 5.78 Å². The molecule has 1 aliphatic heterocycles. The number of hydrogen-bond donors (Lipinski definition) is 3. The Morgan fingerprint density at radius 1 is 1.16 bits per heavy atom. The zero-order valence-electron chi connectivity index (χ0n) is 21.1. The fraction of sp³-hybridized carbons (Fsp3) is 0.393. The number of rotatable bonds is 5. The van der Waals surface area contributed by atoms with Crippen LogP contribution in [0, 0.1) is 23.4 Å². The highest BCUT2D eigenvalue weighted by atomic mass is 19.1. The molecule has 10 heteroatoms. The molecule has 2 aliphatic rings. The predicted octanol–water partition coefficient (Wildman–Crippen LogP) is 3.50. The van der Waals surface area contributed by atoms with Gasteiger partial charge in [-0.3, -0.25) is 9.78 Å². The van der Waals surface area contributed by atoms with E-state index in [9.17, 15) is 28.2 Å². The molecule has 0 amide bonds. The summed E-state index contributed by atoms with van der Waals surface area (Å²) < 4.78 is 43.2. The van der Waals surface area contributed by atoms with E-state index in [4.69, 9.17) is 5.73 Å². The smallest absolute Gasteiger partial charge is 0.185 e. The summed E-state index contributed by atoms with van der Waals surface area (Å²) >= 11 is 0. The Morgan fingerprint density at radius 3 is 2.55 bits per heavy atom. The first-order chi connectivity index (χ1) is 18.0. The van der Waals surface area contributed by atoms with Crippen LogP contribution >= 0.6 is 0 Å². The van der Waals surface area contributed by atoms with E-state index >= 15 is 0 Å². The molecule has 2 unspecified atom stereocenters. The van der Waals surface area contributed by atoms with E-state index in [0.717, 1.165) is 35.5 Å². The molecule has 3 aromatic rings. The van der Waals surface area contributed by atoms with Crippen LogP contribution in [0.5, 0.6) is 0 Å². The van der Waals surface area contributed by atoms with Crippen LogP contribution < -0.4 is 10.6 Å². The number of carbonyl (C=O) groups is 1. The zero-order chi connectivity index (χ0) is 27.4. The second-order valence-corrected chi connectivity index (χ2v) is 10.4. The van der Waals surface area contributed by atoms with E-state index in [0.29, 0.717) is 37.2 Å². The van der Waals surface area contributed by atoms with Crippen LogP contribution in [0.1, 0.15) is 53.7 Å². The topological polar surface area (TPSA) is 113 Å². The van der Waals surface area contributed by atoms with E-state index in [1.54, 1.807) is 6.92 Å². The van der Waals surface area contributed by atoms with Gasteiger partial charge in [0, 0.05) is 48.4 Å². The van der Waals surface area contributed by atoms with Gasteiger partial charge in [-0.25, -0.2) is 18.2 Å². The molecule has 3 heterocycles. The lowest BCUT2D eigenvalue weighted by molar-refractivity contribution is -0.0258. The minimum Gasteiger partial charge on any atom is -0.388 e. The van der Waals surface area contributed by atoms with Crippen LogP contribution in [-0.4, -0.2) is 50.7 Å². The Labute approximate surface area is 218 Å². The number of halogens is 3. The summed E-state index contributed by atoms with van der Waals surface area (Å²) in [6.07, 6.45) is 1.70.